The highest BCUT2D eigenvalue weighted by Gasteiger charge is 2.12. The summed E-state index contributed by atoms with van der Waals surface area (Å²) in [6.07, 6.45) is 4.00. The summed E-state index contributed by atoms with van der Waals surface area (Å²) in [7, 11) is 0. The van der Waals surface area contributed by atoms with E-state index in [-0.39, 0.29) is 0 Å². The third-order valence-electron chi connectivity index (χ3n) is 2.07. The van der Waals surface area contributed by atoms with Crippen molar-refractivity contribution < 1.29 is 4.79 Å². The van der Waals surface area contributed by atoms with Gasteiger partial charge in [-0.15, -0.1) is 5.10 Å². The molecule has 0 aliphatic rings. The monoisotopic (exact) mass is 221 g/mol. The Morgan fingerprint density at radius 3 is 2.60 bits per heavy atom. The molecule has 0 saturated carbocycles. The van der Waals surface area contributed by atoms with Crippen molar-refractivity contribution >= 4 is 17.9 Å². The second-order valence-corrected chi connectivity index (χ2v) is 3.45. The van der Waals surface area contributed by atoms with E-state index in [0.717, 1.165) is 11.8 Å². The molecule has 2 rings (SSSR count). The van der Waals surface area contributed by atoms with Crippen molar-refractivity contribution in [1.82, 2.24) is 15.0 Å². The molecule has 1 aromatic heterocycles. The van der Waals surface area contributed by atoms with Crippen LogP contribution in [0, 0.1) is 0 Å². The lowest BCUT2D eigenvalue weighted by molar-refractivity contribution is -0.109. The molecule has 0 amide bonds. The highest BCUT2D eigenvalue weighted by molar-refractivity contribution is 6.30. The van der Waals surface area contributed by atoms with Gasteiger partial charge < -0.3 is 4.79 Å². The van der Waals surface area contributed by atoms with E-state index in [0.29, 0.717) is 5.02 Å². The zero-order valence-corrected chi connectivity index (χ0v) is 8.50. The topological polar surface area (TPSA) is 47.8 Å². The van der Waals surface area contributed by atoms with Crippen LogP contribution in [0.15, 0.2) is 36.7 Å². The normalized spacial score (nSPS) is 12.3. The molecule has 1 aromatic carbocycles. The van der Waals surface area contributed by atoms with Gasteiger partial charge in [0, 0.05) is 11.2 Å². The molecule has 0 spiro atoms. The molecule has 0 aliphatic heterocycles. The van der Waals surface area contributed by atoms with Crippen LogP contribution in [0.4, 0.5) is 0 Å². The molecular weight excluding hydrogens is 214 g/mol. The summed E-state index contributed by atoms with van der Waals surface area (Å²) in [5.74, 6) is 0. The fourth-order valence-corrected chi connectivity index (χ4v) is 1.45. The summed E-state index contributed by atoms with van der Waals surface area (Å²) in [4.78, 5) is 11.0. The van der Waals surface area contributed by atoms with E-state index in [4.69, 9.17) is 11.6 Å². The first-order valence-electron chi connectivity index (χ1n) is 4.38. The van der Waals surface area contributed by atoms with Gasteiger partial charge in [0.2, 0.25) is 0 Å². The number of nitrogens with zero attached hydrogens (tertiary/aromatic N) is 3. The van der Waals surface area contributed by atoms with Crippen molar-refractivity contribution in [3.63, 3.8) is 0 Å². The lowest BCUT2D eigenvalue weighted by Gasteiger charge is -2.09. The Kier molecular flexibility index (Phi) is 2.78. The van der Waals surface area contributed by atoms with Crippen molar-refractivity contribution in [3.05, 3.63) is 47.2 Å². The minimum Gasteiger partial charge on any atom is -0.301 e. The maximum Gasteiger partial charge on any atom is 0.149 e. The first-order valence-corrected chi connectivity index (χ1v) is 4.75. The van der Waals surface area contributed by atoms with Crippen LogP contribution >= 0.6 is 11.6 Å². The second kappa shape index (κ2) is 4.23. The number of carbonyl (C=O) groups excluding carboxylic acids is 1. The molecule has 2 aromatic rings. The summed E-state index contributed by atoms with van der Waals surface area (Å²) in [6, 6.07) is 6.63. The average Bonchev–Trinajstić information content (AvgIpc) is 2.75. The fourth-order valence-electron chi connectivity index (χ4n) is 1.32. The van der Waals surface area contributed by atoms with Crippen molar-refractivity contribution in [3.8, 4) is 0 Å². The van der Waals surface area contributed by atoms with Crippen LogP contribution in [0.2, 0.25) is 5.02 Å². The Hall–Kier alpha value is -1.68. The number of carbonyl (C=O) groups is 1. The summed E-state index contributed by atoms with van der Waals surface area (Å²) in [5, 5.41) is 8.09. The van der Waals surface area contributed by atoms with Gasteiger partial charge in [0.05, 0.1) is 6.20 Å². The van der Waals surface area contributed by atoms with Crippen molar-refractivity contribution in [2.75, 3.05) is 0 Å². The number of benzene rings is 1. The fraction of sp³-hybridized carbons (Fsp3) is 0.100. The molecule has 0 N–H and O–H groups in total. The molecule has 4 nitrogen and oxygen atoms in total. The molecule has 0 radical (unpaired) electrons. The van der Waals surface area contributed by atoms with E-state index in [9.17, 15) is 4.79 Å². The molecule has 5 heteroatoms. The standard InChI is InChI=1S/C10H8ClN3O/c11-9-3-1-8(2-4-9)10(7-15)14-6-5-12-13-14/h1-7,10H. The predicted octanol–water partition coefficient (Wildman–Crippen LogP) is 1.72. The van der Waals surface area contributed by atoms with E-state index in [2.05, 4.69) is 10.3 Å². The van der Waals surface area contributed by atoms with Crippen LogP contribution in [-0.4, -0.2) is 21.3 Å². The van der Waals surface area contributed by atoms with Crippen LogP contribution < -0.4 is 0 Å². The van der Waals surface area contributed by atoms with Crippen molar-refractivity contribution in [1.29, 1.82) is 0 Å². The summed E-state index contributed by atoms with van der Waals surface area (Å²) < 4.78 is 1.50. The molecule has 0 saturated heterocycles. The number of hydrogen-bond acceptors (Lipinski definition) is 3. The van der Waals surface area contributed by atoms with E-state index >= 15 is 0 Å². The number of halogens is 1. The Labute approximate surface area is 91.5 Å². The first kappa shape index (κ1) is 9.86. The number of hydrogen-bond donors (Lipinski definition) is 0. The molecule has 1 heterocycles. The van der Waals surface area contributed by atoms with E-state index in [1.807, 2.05) is 0 Å². The molecular formula is C10H8ClN3O. The molecule has 76 valence electrons. The lowest BCUT2D eigenvalue weighted by atomic mass is 10.1. The molecule has 1 unspecified atom stereocenters. The molecule has 0 bridgehead atoms. The molecule has 0 fully saturated rings. The highest BCUT2D eigenvalue weighted by atomic mass is 35.5. The van der Waals surface area contributed by atoms with Gasteiger partial charge in [0.1, 0.15) is 12.3 Å². The van der Waals surface area contributed by atoms with Gasteiger partial charge in [-0.25, -0.2) is 4.68 Å². The van der Waals surface area contributed by atoms with Crippen molar-refractivity contribution in [2.45, 2.75) is 6.04 Å². The Bertz CT molecular complexity index is 438. The van der Waals surface area contributed by atoms with Gasteiger partial charge in [0.25, 0.3) is 0 Å². The predicted molar refractivity (Wildman–Crippen MR) is 55.7 cm³/mol. The van der Waals surface area contributed by atoms with Crippen molar-refractivity contribution in [2.24, 2.45) is 0 Å². The second-order valence-electron chi connectivity index (χ2n) is 3.02. The smallest absolute Gasteiger partial charge is 0.149 e. The average molecular weight is 222 g/mol. The minimum atomic E-state index is -0.440. The number of aldehydes is 1. The molecule has 1 atom stereocenters. The summed E-state index contributed by atoms with van der Waals surface area (Å²) >= 11 is 5.76. The largest absolute Gasteiger partial charge is 0.301 e. The third-order valence-corrected chi connectivity index (χ3v) is 2.32. The minimum absolute atomic E-state index is 0.440. The van der Waals surface area contributed by atoms with Gasteiger partial charge in [-0.2, -0.15) is 0 Å². The lowest BCUT2D eigenvalue weighted by Crippen LogP contribution is -2.12. The Morgan fingerprint density at radius 2 is 2.07 bits per heavy atom. The quantitative estimate of drug-likeness (QED) is 0.742. The van der Waals surface area contributed by atoms with Gasteiger partial charge >= 0.3 is 0 Å². The van der Waals surface area contributed by atoms with Crippen LogP contribution in [0.1, 0.15) is 11.6 Å². The van der Waals surface area contributed by atoms with Crippen LogP contribution in [0.5, 0.6) is 0 Å². The number of aromatic nitrogens is 3. The first-order chi connectivity index (χ1) is 7.31. The van der Waals surface area contributed by atoms with Gasteiger partial charge in [-0.1, -0.05) is 28.9 Å². The van der Waals surface area contributed by atoms with E-state index < -0.39 is 6.04 Å². The molecule has 15 heavy (non-hydrogen) atoms. The third kappa shape index (κ3) is 2.05. The Balaban J connectivity index is 2.35. The van der Waals surface area contributed by atoms with Crippen LogP contribution in [0.3, 0.4) is 0 Å². The maximum atomic E-state index is 11.0. The van der Waals surface area contributed by atoms with Gasteiger partial charge in [0.15, 0.2) is 0 Å². The zero-order chi connectivity index (χ0) is 10.7. The van der Waals surface area contributed by atoms with E-state index in [1.165, 1.54) is 10.9 Å². The molecule has 0 aliphatic carbocycles. The Morgan fingerprint density at radius 1 is 1.33 bits per heavy atom. The SMILES string of the molecule is O=CC(c1ccc(Cl)cc1)n1ccnn1. The van der Waals surface area contributed by atoms with Crippen LogP contribution in [0.25, 0.3) is 0 Å². The maximum absolute atomic E-state index is 11.0. The summed E-state index contributed by atoms with van der Waals surface area (Å²) in [6.45, 7) is 0. The van der Waals surface area contributed by atoms with Crippen LogP contribution in [-0.2, 0) is 4.79 Å². The van der Waals surface area contributed by atoms with Gasteiger partial charge in [-0.3, -0.25) is 0 Å². The van der Waals surface area contributed by atoms with E-state index in [1.54, 1.807) is 30.5 Å². The summed E-state index contributed by atoms with van der Waals surface area (Å²) in [5.41, 5.74) is 0.833. The number of rotatable bonds is 3. The highest BCUT2D eigenvalue weighted by Crippen LogP contribution is 2.17. The van der Waals surface area contributed by atoms with Gasteiger partial charge in [-0.05, 0) is 17.7 Å². The zero-order valence-electron chi connectivity index (χ0n) is 7.75.